The van der Waals surface area contributed by atoms with Gasteiger partial charge in [0.2, 0.25) is 5.91 Å². The van der Waals surface area contributed by atoms with Gasteiger partial charge in [-0.05, 0) is 18.1 Å². The molecule has 0 saturated heterocycles. The number of anilines is 2. The average Bonchev–Trinajstić information content (AvgIpc) is 3.04. The van der Waals surface area contributed by atoms with Crippen LogP contribution in [0.25, 0.3) is 0 Å². The molecule has 108 valence electrons. The summed E-state index contributed by atoms with van der Waals surface area (Å²) in [6.45, 7) is 2.12. The molecule has 3 rings (SSSR count). The molecular formula is C14H15N5O2. The van der Waals surface area contributed by atoms with E-state index in [-0.39, 0.29) is 18.4 Å². The highest BCUT2D eigenvalue weighted by atomic mass is 16.2. The maximum Gasteiger partial charge on any atom is 0.250 e. The van der Waals surface area contributed by atoms with E-state index in [9.17, 15) is 9.59 Å². The topological polar surface area (TPSA) is 80.1 Å². The van der Waals surface area contributed by atoms with Gasteiger partial charge in [0.15, 0.2) is 5.82 Å². The predicted octanol–water partition coefficient (Wildman–Crippen LogP) is 0.826. The van der Waals surface area contributed by atoms with Gasteiger partial charge in [-0.1, -0.05) is 18.2 Å². The Morgan fingerprint density at radius 1 is 1.33 bits per heavy atom. The van der Waals surface area contributed by atoms with Gasteiger partial charge in [-0.25, -0.2) is 0 Å². The summed E-state index contributed by atoms with van der Waals surface area (Å²) < 4.78 is 0. The molecule has 21 heavy (non-hydrogen) atoms. The normalized spacial score (nSPS) is 13.1. The summed E-state index contributed by atoms with van der Waals surface area (Å²) in [7, 11) is 0. The van der Waals surface area contributed by atoms with Crippen LogP contribution in [0.15, 0.2) is 30.5 Å². The van der Waals surface area contributed by atoms with Crippen LogP contribution in [0, 0.1) is 0 Å². The molecule has 0 radical (unpaired) electrons. The van der Waals surface area contributed by atoms with Crippen LogP contribution >= 0.6 is 0 Å². The lowest BCUT2D eigenvalue weighted by Crippen LogP contribution is -2.32. The molecule has 0 bridgehead atoms. The van der Waals surface area contributed by atoms with Crippen molar-refractivity contribution in [1.82, 2.24) is 15.0 Å². The van der Waals surface area contributed by atoms with Crippen LogP contribution in [0.3, 0.4) is 0 Å². The summed E-state index contributed by atoms with van der Waals surface area (Å²) in [5, 5.41) is 10.5. The van der Waals surface area contributed by atoms with E-state index in [0.29, 0.717) is 12.4 Å². The van der Waals surface area contributed by atoms with Gasteiger partial charge >= 0.3 is 0 Å². The van der Waals surface area contributed by atoms with Crippen molar-refractivity contribution in [3.05, 3.63) is 36.0 Å². The van der Waals surface area contributed by atoms with Gasteiger partial charge in [-0.2, -0.15) is 9.90 Å². The first-order valence-corrected chi connectivity index (χ1v) is 6.69. The molecule has 1 aliphatic rings. The highest BCUT2D eigenvalue weighted by Gasteiger charge is 2.24. The quantitative estimate of drug-likeness (QED) is 0.905. The number of carbonyl (C=O) groups is 2. The second-order valence-corrected chi connectivity index (χ2v) is 4.87. The average molecular weight is 285 g/mol. The highest BCUT2D eigenvalue weighted by molar-refractivity contribution is 5.95. The van der Waals surface area contributed by atoms with Crippen molar-refractivity contribution in [2.75, 3.05) is 16.8 Å². The van der Waals surface area contributed by atoms with Crippen LogP contribution in [0.5, 0.6) is 0 Å². The Kier molecular flexibility index (Phi) is 3.39. The zero-order chi connectivity index (χ0) is 14.8. The van der Waals surface area contributed by atoms with E-state index >= 15 is 0 Å². The fraction of sp³-hybridized carbons (Fsp3) is 0.286. The van der Waals surface area contributed by atoms with Gasteiger partial charge in [0.1, 0.15) is 6.54 Å². The van der Waals surface area contributed by atoms with Gasteiger partial charge in [0.05, 0.1) is 6.20 Å². The Labute approximate surface area is 121 Å². The third kappa shape index (κ3) is 2.76. The SMILES string of the molecule is CC(=O)Nc1cnn(CC(=O)N2CCc3ccccc32)n1. The van der Waals surface area contributed by atoms with Gasteiger partial charge in [0.25, 0.3) is 5.91 Å². The summed E-state index contributed by atoms with van der Waals surface area (Å²) in [5.74, 6) is 0.0592. The monoisotopic (exact) mass is 285 g/mol. The van der Waals surface area contributed by atoms with E-state index in [2.05, 4.69) is 15.5 Å². The summed E-state index contributed by atoms with van der Waals surface area (Å²) in [6, 6.07) is 7.87. The Hall–Kier alpha value is -2.70. The Morgan fingerprint density at radius 3 is 2.95 bits per heavy atom. The van der Waals surface area contributed by atoms with E-state index in [4.69, 9.17) is 0 Å². The first-order chi connectivity index (χ1) is 10.1. The molecule has 1 N–H and O–H groups in total. The van der Waals surface area contributed by atoms with Crippen molar-refractivity contribution in [2.45, 2.75) is 19.9 Å². The summed E-state index contributed by atoms with van der Waals surface area (Å²) in [6.07, 6.45) is 2.29. The minimum absolute atomic E-state index is 0.0495. The largest absolute Gasteiger partial charge is 0.310 e. The molecule has 2 amide bonds. The third-order valence-electron chi connectivity index (χ3n) is 3.31. The molecule has 1 aromatic heterocycles. The molecule has 0 atom stereocenters. The van der Waals surface area contributed by atoms with Crippen LogP contribution < -0.4 is 10.2 Å². The number of hydrogen-bond donors (Lipinski definition) is 1. The number of benzene rings is 1. The summed E-state index contributed by atoms with van der Waals surface area (Å²) >= 11 is 0. The molecule has 0 aliphatic carbocycles. The maximum atomic E-state index is 12.3. The predicted molar refractivity (Wildman–Crippen MR) is 76.8 cm³/mol. The van der Waals surface area contributed by atoms with Crippen LogP contribution in [-0.2, 0) is 22.6 Å². The standard InChI is InChI=1S/C14H15N5O2/c1-10(20)16-13-8-15-19(17-13)9-14(21)18-7-6-11-4-2-3-5-12(11)18/h2-5,8H,6-7,9H2,1H3,(H,16,17,20). The molecule has 0 fully saturated rings. The van der Waals surface area contributed by atoms with Crippen LogP contribution in [0.4, 0.5) is 11.5 Å². The lowest BCUT2D eigenvalue weighted by Gasteiger charge is -2.16. The molecule has 1 aromatic carbocycles. The van der Waals surface area contributed by atoms with E-state index in [1.54, 1.807) is 4.90 Å². The number of rotatable bonds is 3. The van der Waals surface area contributed by atoms with E-state index < -0.39 is 0 Å². The van der Waals surface area contributed by atoms with Gasteiger partial charge in [-0.15, -0.1) is 5.10 Å². The van der Waals surface area contributed by atoms with Crippen molar-refractivity contribution < 1.29 is 9.59 Å². The Bertz CT molecular complexity index is 694. The number of carbonyl (C=O) groups excluding carboxylic acids is 2. The van der Waals surface area contributed by atoms with Crippen LogP contribution in [-0.4, -0.2) is 33.4 Å². The van der Waals surface area contributed by atoms with Gasteiger partial charge in [-0.3, -0.25) is 9.59 Å². The number of para-hydroxylation sites is 1. The molecule has 7 nitrogen and oxygen atoms in total. The van der Waals surface area contributed by atoms with Crippen LogP contribution in [0.1, 0.15) is 12.5 Å². The number of nitrogens with one attached hydrogen (secondary N) is 1. The van der Waals surface area contributed by atoms with Gasteiger partial charge in [0, 0.05) is 19.2 Å². The molecule has 0 spiro atoms. The number of aromatic nitrogens is 3. The zero-order valence-corrected chi connectivity index (χ0v) is 11.6. The van der Waals surface area contributed by atoms with Crippen molar-refractivity contribution in [1.29, 1.82) is 0 Å². The first kappa shape index (κ1) is 13.3. The fourth-order valence-electron chi connectivity index (χ4n) is 2.41. The van der Waals surface area contributed by atoms with Crippen molar-refractivity contribution in [3.63, 3.8) is 0 Å². The summed E-state index contributed by atoms with van der Waals surface area (Å²) in [4.78, 5) is 26.3. The second-order valence-electron chi connectivity index (χ2n) is 4.87. The highest BCUT2D eigenvalue weighted by Crippen LogP contribution is 2.27. The third-order valence-corrected chi connectivity index (χ3v) is 3.31. The summed E-state index contributed by atoms with van der Waals surface area (Å²) in [5.41, 5.74) is 2.13. The minimum atomic E-state index is -0.221. The minimum Gasteiger partial charge on any atom is -0.310 e. The Balaban J connectivity index is 1.70. The molecule has 0 unspecified atom stereocenters. The fourth-order valence-corrected chi connectivity index (χ4v) is 2.41. The van der Waals surface area contributed by atoms with Crippen molar-refractivity contribution >= 4 is 23.3 Å². The lowest BCUT2D eigenvalue weighted by atomic mass is 10.2. The molecular weight excluding hydrogens is 270 g/mol. The lowest BCUT2D eigenvalue weighted by molar-refractivity contribution is -0.119. The second kappa shape index (κ2) is 5.35. The molecule has 0 saturated carbocycles. The first-order valence-electron chi connectivity index (χ1n) is 6.69. The molecule has 1 aliphatic heterocycles. The van der Waals surface area contributed by atoms with E-state index in [1.807, 2.05) is 24.3 Å². The molecule has 2 aromatic rings. The van der Waals surface area contributed by atoms with Crippen molar-refractivity contribution in [3.8, 4) is 0 Å². The maximum absolute atomic E-state index is 12.3. The van der Waals surface area contributed by atoms with Crippen LogP contribution in [0.2, 0.25) is 0 Å². The zero-order valence-electron chi connectivity index (χ0n) is 11.6. The Morgan fingerprint density at radius 2 is 2.14 bits per heavy atom. The number of fused-ring (bicyclic) bond motifs is 1. The smallest absolute Gasteiger partial charge is 0.250 e. The van der Waals surface area contributed by atoms with Crippen molar-refractivity contribution in [2.24, 2.45) is 0 Å². The van der Waals surface area contributed by atoms with E-state index in [1.165, 1.54) is 23.5 Å². The number of amides is 2. The molecule has 7 heteroatoms. The van der Waals surface area contributed by atoms with E-state index in [0.717, 1.165) is 12.1 Å². The number of nitrogens with zero attached hydrogens (tertiary/aromatic N) is 4. The van der Waals surface area contributed by atoms with Gasteiger partial charge < -0.3 is 10.2 Å². The molecule has 2 heterocycles. The number of hydrogen-bond acceptors (Lipinski definition) is 4.